The number of fused-ring (bicyclic) bond motifs is 1. The van der Waals surface area contributed by atoms with Crippen molar-refractivity contribution in [3.8, 4) is 11.6 Å². The molecule has 2 aromatic rings. The van der Waals surface area contributed by atoms with Crippen molar-refractivity contribution in [3.05, 3.63) is 29.8 Å². The van der Waals surface area contributed by atoms with Crippen LogP contribution in [0, 0.1) is 0 Å². The van der Waals surface area contributed by atoms with Crippen LogP contribution in [-0.4, -0.2) is 24.3 Å². The molecular weight excluding hydrogens is 266 g/mol. The van der Waals surface area contributed by atoms with Crippen molar-refractivity contribution < 1.29 is 14.6 Å². The van der Waals surface area contributed by atoms with E-state index in [0.29, 0.717) is 23.6 Å². The zero-order chi connectivity index (χ0) is 15.2. The van der Waals surface area contributed by atoms with Crippen LogP contribution in [0.2, 0.25) is 0 Å². The lowest BCUT2D eigenvalue weighted by Crippen LogP contribution is -2.06. The van der Waals surface area contributed by atoms with E-state index in [2.05, 4.69) is 11.9 Å². The predicted octanol–water partition coefficient (Wildman–Crippen LogP) is 3.87. The second-order valence-electron chi connectivity index (χ2n) is 5.10. The third kappa shape index (κ3) is 3.27. The lowest BCUT2D eigenvalue weighted by Gasteiger charge is -2.19. The molecule has 1 N–H and O–H groups in total. The Morgan fingerprint density at radius 3 is 2.57 bits per heavy atom. The summed E-state index contributed by atoms with van der Waals surface area (Å²) in [6.07, 6.45) is 3.25. The Labute approximate surface area is 125 Å². The minimum absolute atomic E-state index is 0.439. The van der Waals surface area contributed by atoms with Crippen LogP contribution < -0.4 is 9.47 Å². The van der Waals surface area contributed by atoms with Crippen LogP contribution in [0.25, 0.3) is 10.9 Å². The summed E-state index contributed by atoms with van der Waals surface area (Å²) in [6, 6.07) is 7.72. The molecule has 0 fully saturated rings. The highest BCUT2D eigenvalue weighted by Crippen LogP contribution is 2.40. The Kier molecular flexibility index (Phi) is 5.39. The van der Waals surface area contributed by atoms with Crippen LogP contribution in [0.1, 0.15) is 44.3 Å². The first-order chi connectivity index (χ1) is 10.2. The van der Waals surface area contributed by atoms with Gasteiger partial charge in [-0.3, -0.25) is 0 Å². The first kappa shape index (κ1) is 15.6. The molecule has 0 aliphatic carbocycles. The molecule has 0 aliphatic rings. The van der Waals surface area contributed by atoms with Gasteiger partial charge in [0.2, 0.25) is 5.88 Å². The molecule has 1 unspecified atom stereocenters. The van der Waals surface area contributed by atoms with Gasteiger partial charge in [-0.05, 0) is 18.6 Å². The van der Waals surface area contributed by atoms with Gasteiger partial charge in [0.25, 0.3) is 0 Å². The number of hydrogen-bond acceptors (Lipinski definition) is 4. The number of para-hydroxylation sites is 1. The highest BCUT2D eigenvalue weighted by Gasteiger charge is 2.22. The van der Waals surface area contributed by atoms with Gasteiger partial charge in [0.1, 0.15) is 5.75 Å². The number of aliphatic hydroxyl groups excluding tert-OH is 1. The third-order valence-corrected chi connectivity index (χ3v) is 3.66. The molecule has 114 valence electrons. The molecule has 1 heterocycles. The molecule has 1 aromatic carbocycles. The summed E-state index contributed by atoms with van der Waals surface area (Å²) in [5.41, 5.74) is 1.45. The SMILES string of the molecule is CCCCCC(O)c1c(OC)nc2ccccc2c1OC. The van der Waals surface area contributed by atoms with Crippen LogP contribution in [0.15, 0.2) is 24.3 Å². The Morgan fingerprint density at radius 2 is 1.90 bits per heavy atom. The number of benzene rings is 1. The molecule has 4 heteroatoms. The average Bonchev–Trinajstić information content (AvgIpc) is 2.52. The molecule has 0 bridgehead atoms. The fourth-order valence-corrected chi connectivity index (χ4v) is 2.58. The van der Waals surface area contributed by atoms with E-state index in [9.17, 15) is 5.11 Å². The normalized spacial score (nSPS) is 12.4. The zero-order valence-electron chi connectivity index (χ0n) is 12.9. The van der Waals surface area contributed by atoms with Gasteiger partial charge in [-0.1, -0.05) is 38.3 Å². The van der Waals surface area contributed by atoms with Gasteiger partial charge >= 0.3 is 0 Å². The van der Waals surface area contributed by atoms with Crippen molar-refractivity contribution >= 4 is 10.9 Å². The Hall–Kier alpha value is -1.81. The standard InChI is InChI=1S/C17H23NO3/c1-4-5-6-11-14(19)15-16(20-2)12-9-7-8-10-13(12)18-17(15)21-3/h7-10,14,19H,4-6,11H2,1-3H3. The maximum absolute atomic E-state index is 10.5. The van der Waals surface area contributed by atoms with Gasteiger partial charge < -0.3 is 14.6 Å². The average molecular weight is 289 g/mol. The van der Waals surface area contributed by atoms with E-state index in [1.54, 1.807) is 14.2 Å². The van der Waals surface area contributed by atoms with Crippen LogP contribution in [0.3, 0.4) is 0 Å². The number of nitrogens with zero attached hydrogens (tertiary/aromatic N) is 1. The fourth-order valence-electron chi connectivity index (χ4n) is 2.58. The summed E-state index contributed by atoms with van der Waals surface area (Å²) in [4.78, 5) is 4.49. The van der Waals surface area contributed by atoms with Gasteiger partial charge in [-0.15, -0.1) is 0 Å². The van der Waals surface area contributed by atoms with E-state index in [-0.39, 0.29) is 0 Å². The first-order valence-corrected chi connectivity index (χ1v) is 7.41. The second-order valence-corrected chi connectivity index (χ2v) is 5.10. The smallest absolute Gasteiger partial charge is 0.223 e. The predicted molar refractivity (Wildman–Crippen MR) is 83.9 cm³/mol. The molecule has 0 saturated carbocycles. The summed E-state index contributed by atoms with van der Waals surface area (Å²) in [5.74, 6) is 1.09. The summed E-state index contributed by atoms with van der Waals surface area (Å²) in [5, 5.41) is 11.4. The van der Waals surface area contributed by atoms with E-state index in [1.807, 2.05) is 24.3 Å². The molecule has 0 radical (unpaired) electrons. The van der Waals surface area contributed by atoms with Crippen LogP contribution in [0.5, 0.6) is 11.6 Å². The Bertz CT molecular complexity index is 598. The minimum atomic E-state index is -0.626. The van der Waals surface area contributed by atoms with Crippen molar-refractivity contribution in [1.82, 2.24) is 4.98 Å². The number of methoxy groups -OCH3 is 2. The molecule has 0 amide bonds. The highest BCUT2D eigenvalue weighted by molar-refractivity contribution is 5.87. The summed E-state index contributed by atoms with van der Waals surface area (Å²) in [6.45, 7) is 2.14. The van der Waals surface area contributed by atoms with Crippen molar-refractivity contribution in [2.45, 2.75) is 38.7 Å². The van der Waals surface area contributed by atoms with Gasteiger partial charge in [0.15, 0.2) is 0 Å². The second kappa shape index (κ2) is 7.27. The van der Waals surface area contributed by atoms with Gasteiger partial charge in [-0.25, -0.2) is 4.98 Å². The van der Waals surface area contributed by atoms with E-state index < -0.39 is 6.10 Å². The number of ether oxygens (including phenoxy) is 2. The van der Waals surface area contributed by atoms with Gasteiger partial charge in [0.05, 0.1) is 31.4 Å². The van der Waals surface area contributed by atoms with Crippen molar-refractivity contribution in [2.75, 3.05) is 14.2 Å². The Morgan fingerprint density at radius 1 is 1.14 bits per heavy atom. The lowest BCUT2D eigenvalue weighted by molar-refractivity contribution is 0.155. The number of aromatic nitrogens is 1. The maximum atomic E-state index is 10.5. The van der Waals surface area contributed by atoms with E-state index in [4.69, 9.17) is 9.47 Å². The van der Waals surface area contributed by atoms with E-state index in [1.165, 1.54) is 0 Å². The first-order valence-electron chi connectivity index (χ1n) is 7.41. The molecule has 1 atom stereocenters. The molecule has 21 heavy (non-hydrogen) atoms. The van der Waals surface area contributed by atoms with Crippen molar-refractivity contribution in [1.29, 1.82) is 0 Å². The van der Waals surface area contributed by atoms with Crippen LogP contribution in [0.4, 0.5) is 0 Å². The van der Waals surface area contributed by atoms with Crippen molar-refractivity contribution in [2.24, 2.45) is 0 Å². The number of aliphatic hydroxyl groups is 1. The summed E-state index contributed by atoms with van der Waals surface area (Å²) in [7, 11) is 3.18. The summed E-state index contributed by atoms with van der Waals surface area (Å²) >= 11 is 0. The molecule has 0 spiro atoms. The largest absolute Gasteiger partial charge is 0.495 e. The maximum Gasteiger partial charge on any atom is 0.223 e. The lowest BCUT2D eigenvalue weighted by atomic mass is 10.0. The van der Waals surface area contributed by atoms with Gasteiger partial charge in [-0.2, -0.15) is 0 Å². The fraction of sp³-hybridized carbons (Fsp3) is 0.471. The van der Waals surface area contributed by atoms with Gasteiger partial charge in [0, 0.05) is 5.39 Å². The third-order valence-electron chi connectivity index (χ3n) is 3.66. The molecule has 0 saturated heterocycles. The molecule has 0 aliphatic heterocycles. The van der Waals surface area contributed by atoms with Crippen molar-refractivity contribution in [3.63, 3.8) is 0 Å². The molecule has 2 rings (SSSR count). The van der Waals surface area contributed by atoms with E-state index >= 15 is 0 Å². The molecule has 4 nitrogen and oxygen atoms in total. The van der Waals surface area contributed by atoms with E-state index in [0.717, 1.165) is 30.2 Å². The highest BCUT2D eigenvalue weighted by atomic mass is 16.5. The summed E-state index contributed by atoms with van der Waals surface area (Å²) < 4.78 is 10.9. The number of hydrogen-bond donors (Lipinski definition) is 1. The molecular formula is C17H23NO3. The van der Waals surface area contributed by atoms with Crippen LogP contribution >= 0.6 is 0 Å². The number of unbranched alkanes of at least 4 members (excludes halogenated alkanes) is 2. The number of rotatable bonds is 7. The topological polar surface area (TPSA) is 51.6 Å². The zero-order valence-corrected chi connectivity index (χ0v) is 12.9. The minimum Gasteiger partial charge on any atom is -0.495 e. The molecule has 1 aromatic heterocycles. The monoisotopic (exact) mass is 289 g/mol. The quantitative estimate of drug-likeness (QED) is 0.786. The van der Waals surface area contributed by atoms with Crippen LogP contribution in [-0.2, 0) is 0 Å². The Balaban J connectivity index is 2.48. The number of pyridine rings is 1.